The van der Waals surface area contributed by atoms with Gasteiger partial charge >= 0.3 is 0 Å². The number of nitrogens with two attached hydrogens (primary N) is 1. The monoisotopic (exact) mass is 252 g/mol. The van der Waals surface area contributed by atoms with E-state index in [4.69, 9.17) is 5.73 Å². The summed E-state index contributed by atoms with van der Waals surface area (Å²) in [7, 11) is 0. The van der Waals surface area contributed by atoms with E-state index in [1.54, 1.807) is 4.68 Å². The maximum atomic E-state index is 12.3. The van der Waals surface area contributed by atoms with Crippen molar-refractivity contribution in [1.82, 2.24) is 15.1 Å². The van der Waals surface area contributed by atoms with E-state index in [1.807, 2.05) is 33.8 Å². The first-order chi connectivity index (χ1) is 8.49. The minimum absolute atomic E-state index is 0.0983. The van der Waals surface area contributed by atoms with Crippen LogP contribution in [0.25, 0.3) is 0 Å². The molecule has 5 nitrogen and oxygen atoms in total. The molecule has 0 saturated heterocycles. The van der Waals surface area contributed by atoms with Crippen LogP contribution in [-0.2, 0) is 13.0 Å². The first-order valence-corrected chi connectivity index (χ1v) is 6.59. The van der Waals surface area contributed by atoms with Gasteiger partial charge in [0.1, 0.15) is 5.69 Å². The predicted octanol–water partition coefficient (Wildman–Crippen LogP) is 1.32. The van der Waals surface area contributed by atoms with E-state index in [9.17, 15) is 4.79 Å². The smallest absolute Gasteiger partial charge is 0.270 e. The molecule has 0 bridgehead atoms. The molecule has 1 atom stereocenters. The third-order valence-corrected chi connectivity index (χ3v) is 3.37. The highest BCUT2D eigenvalue weighted by Gasteiger charge is 2.25. The fourth-order valence-electron chi connectivity index (χ4n) is 1.69. The molecule has 1 rings (SSSR count). The van der Waals surface area contributed by atoms with Crippen LogP contribution in [0.3, 0.4) is 0 Å². The van der Waals surface area contributed by atoms with Crippen LogP contribution in [-0.4, -0.2) is 27.8 Å². The third kappa shape index (κ3) is 3.10. The molecular formula is C13H24N4O. The minimum atomic E-state index is -0.355. The Bertz CT molecular complexity index is 407. The fourth-order valence-corrected chi connectivity index (χ4v) is 1.69. The van der Waals surface area contributed by atoms with Gasteiger partial charge < -0.3 is 11.1 Å². The zero-order valence-electron chi connectivity index (χ0n) is 11.8. The Hall–Kier alpha value is -1.36. The number of amides is 1. The molecular weight excluding hydrogens is 228 g/mol. The van der Waals surface area contributed by atoms with Crippen LogP contribution in [0.5, 0.6) is 0 Å². The lowest BCUT2D eigenvalue weighted by Gasteiger charge is -2.27. The number of hydrogen-bond donors (Lipinski definition) is 2. The molecule has 1 aromatic rings. The molecule has 1 aromatic heterocycles. The van der Waals surface area contributed by atoms with Crippen LogP contribution >= 0.6 is 0 Å². The summed E-state index contributed by atoms with van der Waals surface area (Å²) in [6.07, 6.45) is 1.63. The lowest BCUT2D eigenvalue weighted by atomic mass is 9.99. The van der Waals surface area contributed by atoms with E-state index in [2.05, 4.69) is 10.4 Å². The van der Waals surface area contributed by atoms with Gasteiger partial charge in [-0.2, -0.15) is 5.10 Å². The molecule has 5 heteroatoms. The van der Waals surface area contributed by atoms with Crippen molar-refractivity contribution in [3.63, 3.8) is 0 Å². The van der Waals surface area contributed by atoms with Crippen molar-refractivity contribution in [1.29, 1.82) is 0 Å². The van der Waals surface area contributed by atoms with E-state index in [-0.39, 0.29) is 11.4 Å². The van der Waals surface area contributed by atoms with Gasteiger partial charge in [0.15, 0.2) is 0 Å². The number of nitrogens with zero attached hydrogens (tertiary/aromatic N) is 2. The molecule has 1 heterocycles. The number of rotatable bonds is 6. The SMILES string of the molecule is CCc1cc(C(=O)NC(C)(CC)CN)n(CC)n1. The molecule has 0 aliphatic heterocycles. The lowest BCUT2D eigenvalue weighted by Crippen LogP contribution is -2.51. The van der Waals surface area contributed by atoms with Gasteiger partial charge in [-0.05, 0) is 32.8 Å². The Morgan fingerprint density at radius 3 is 2.61 bits per heavy atom. The molecule has 102 valence electrons. The van der Waals surface area contributed by atoms with E-state index in [1.165, 1.54) is 0 Å². The largest absolute Gasteiger partial charge is 0.344 e. The van der Waals surface area contributed by atoms with Crippen molar-refractivity contribution in [3.05, 3.63) is 17.5 Å². The molecule has 0 spiro atoms. The fraction of sp³-hybridized carbons (Fsp3) is 0.692. The zero-order valence-corrected chi connectivity index (χ0v) is 11.8. The van der Waals surface area contributed by atoms with Crippen LogP contribution in [0.1, 0.15) is 50.3 Å². The average Bonchev–Trinajstić information content (AvgIpc) is 2.81. The van der Waals surface area contributed by atoms with Crippen LogP contribution in [0.4, 0.5) is 0 Å². The summed E-state index contributed by atoms with van der Waals surface area (Å²) in [5.74, 6) is -0.0983. The first kappa shape index (κ1) is 14.7. The van der Waals surface area contributed by atoms with E-state index in [0.29, 0.717) is 18.8 Å². The van der Waals surface area contributed by atoms with Crippen molar-refractivity contribution < 1.29 is 4.79 Å². The summed E-state index contributed by atoms with van der Waals surface area (Å²) in [5, 5.41) is 7.37. The average molecular weight is 252 g/mol. The predicted molar refractivity (Wildman–Crippen MR) is 72.5 cm³/mol. The lowest BCUT2D eigenvalue weighted by molar-refractivity contribution is 0.0895. The van der Waals surface area contributed by atoms with Crippen LogP contribution in [0.2, 0.25) is 0 Å². The molecule has 1 amide bonds. The van der Waals surface area contributed by atoms with Gasteiger partial charge in [0.25, 0.3) is 5.91 Å². The highest BCUT2D eigenvalue weighted by atomic mass is 16.2. The normalized spacial score (nSPS) is 14.3. The standard InChI is InChI=1S/C13H24N4O/c1-5-10-8-11(17(7-3)16-10)12(18)15-13(4,6-2)9-14/h8H,5-7,9,14H2,1-4H3,(H,15,18). The van der Waals surface area contributed by atoms with Gasteiger partial charge in [0.05, 0.1) is 5.69 Å². The summed E-state index contributed by atoms with van der Waals surface area (Å²) in [5.41, 5.74) is 6.91. The summed E-state index contributed by atoms with van der Waals surface area (Å²) in [6, 6.07) is 1.85. The Morgan fingerprint density at radius 1 is 1.50 bits per heavy atom. The van der Waals surface area contributed by atoms with Crippen LogP contribution < -0.4 is 11.1 Å². The highest BCUT2D eigenvalue weighted by Crippen LogP contribution is 2.11. The molecule has 0 radical (unpaired) electrons. The van der Waals surface area contributed by atoms with Crippen molar-refractivity contribution in [2.45, 2.75) is 52.6 Å². The second-order valence-corrected chi connectivity index (χ2v) is 4.76. The second-order valence-electron chi connectivity index (χ2n) is 4.76. The Balaban J connectivity index is 2.93. The van der Waals surface area contributed by atoms with Gasteiger partial charge in [-0.15, -0.1) is 0 Å². The van der Waals surface area contributed by atoms with Gasteiger partial charge in [-0.25, -0.2) is 0 Å². The van der Waals surface area contributed by atoms with E-state index < -0.39 is 0 Å². The number of aromatic nitrogens is 2. The Morgan fingerprint density at radius 2 is 2.17 bits per heavy atom. The van der Waals surface area contributed by atoms with Gasteiger partial charge in [-0.1, -0.05) is 13.8 Å². The van der Waals surface area contributed by atoms with Crippen molar-refractivity contribution >= 4 is 5.91 Å². The zero-order chi connectivity index (χ0) is 13.8. The topological polar surface area (TPSA) is 72.9 Å². The molecule has 0 aliphatic rings. The molecule has 1 unspecified atom stereocenters. The number of carbonyl (C=O) groups is 1. The summed E-state index contributed by atoms with van der Waals surface area (Å²) >= 11 is 0. The number of aryl methyl sites for hydroxylation is 2. The second kappa shape index (κ2) is 6.00. The van der Waals surface area contributed by atoms with Gasteiger partial charge in [-0.3, -0.25) is 9.48 Å². The quantitative estimate of drug-likeness (QED) is 0.802. The van der Waals surface area contributed by atoms with Gasteiger partial charge in [0, 0.05) is 18.6 Å². The van der Waals surface area contributed by atoms with Crippen LogP contribution in [0, 0.1) is 0 Å². The summed E-state index contributed by atoms with van der Waals surface area (Å²) in [4.78, 5) is 12.3. The number of carbonyl (C=O) groups excluding carboxylic acids is 1. The van der Waals surface area contributed by atoms with Gasteiger partial charge in [0.2, 0.25) is 0 Å². The Kier molecular flexibility index (Phi) is 4.90. The van der Waals surface area contributed by atoms with Crippen molar-refractivity contribution in [2.75, 3.05) is 6.54 Å². The van der Waals surface area contributed by atoms with E-state index >= 15 is 0 Å². The minimum Gasteiger partial charge on any atom is -0.344 e. The highest BCUT2D eigenvalue weighted by molar-refractivity contribution is 5.93. The van der Waals surface area contributed by atoms with Crippen molar-refractivity contribution in [3.8, 4) is 0 Å². The summed E-state index contributed by atoms with van der Waals surface area (Å²) < 4.78 is 1.74. The van der Waals surface area contributed by atoms with E-state index in [0.717, 1.165) is 18.5 Å². The maximum absolute atomic E-state index is 12.3. The molecule has 0 saturated carbocycles. The molecule has 3 N–H and O–H groups in total. The summed E-state index contributed by atoms with van der Waals surface area (Å²) in [6.45, 7) is 9.09. The molecule has 0 fully saturated rings. The number of nitrogens with one attached hydrogen (secondary N) is 1. The first-order valence-electron chi connectivity index (χ1n) is 6.59. The number of hydrogen-bond acceptors (Lipinski definition) is 3. The Labute approximate surface area is 109 Å². The molecule has 0 aromatic carbocycles. The molecule has 0 aliphatic carbocycles. The van der Waals surface area contributed by atoms with Crippen LogP contribution in [0.15, 0.2) is 6.07 Å². The van der Waals surface area contributed by atoms with Crippen molar-refractivity contribution in [2.24, 2.45) is 5.73 Å². The maximum Gasteiger partial charge on any atom is 0.270 e. The molecule has 18 heavy (non-hydrogen) atoms. The third-order valence-electron chi connectivity index (χ3n) is 3.37.